The average Bonchev–Trinajstić information content (AvgIpc) is 2.90. The number of ether oxygens (including phenoxy) is 1. The predicted octanol–water partition coefficient (Wildman–Crippen LogP) is 3.56. The average molecular weight is 295 g/mol. The molecule has 1 fully saturated rings. The first-order chi connectivity index (χ1) is 9.78. The maximum atomic E-state index is 6.22. The fraction of sp³-hybridized carbons (Fsp3) is 0.875. The van der Waals surface area contributed by atoms with Gasteiger partial charge >= 0.3 is 0 Å². The molecule has 120 valence electrons. The summed E-state index contributed by atoms with van der Waals surface area (Å²) in [6.45, 7) is 11.2. The minimum absolute atomic E-state index is 0.107. The third-order valence-electron chi connectivity index (χ3n) is 4.55. The lowest BCUT2D eigenvalue weighted by Crippen LogP contribution is -2.35. The second-order valence-electron chi connectivity index (χ2n) is 7.41. The SMILES string of the molecule is CCOC1(c2noc([C@@H](N)C(C)(C)C)n2)CCC(C)CC1. The van der Waals surface area contributed by atoms with Crippen molar-refractivity contribution in [3.05, 3.63) is 11.7 Å². The lowest BCUT2D eigenvalue weighted by Gasteiger charge is -2.36. The van der Waals surface area contributed by atoms with Crippen LogP contribution >= 0.6 is 0 Å². The van der Waals surface area contributed by atoms with Crippen LogP contribution in [0.5, 0.6) is 0 Å². The highest BCUT2D eigenvalue weighted by Crippen LogP contribution is 2.42. The summed E-state index contributed by atoms with van der Waals surface area (Å²) in [6, 6.07) is -0.264. The Bertz CT molecular complexity index is 456. The molecule has 1 heterocycles. The lowest BCUT2D eigenvalue weighted by atomic mass is 9.79. The van der Waals surface area contributed by atoms with Crippen molar-refractivity contribution < 1.29 is 9.26 Å². The van der Waals surface area contributed by atoms with Gasteiger partial charge in [-0.2, -0.15) is 4.98 Å². The molecule has 0 saturated heterocycles. The van der Waals surface area contributed by atoms with Crippen LogP contribution < -0.4 is 5.73 Å². The maximum absolute atomic E-state index is 6.22. The molecule has 0 unspecified atom stereocenters. The first-order valence-electron chi connectivity index (χ1n) is 8.02. The lowest BCUT2D eigenvalue weighted by molar-refractivity contribution is -0.0847. The third-order valence-corrected chi connectivity index (χ3v) is 4.55. The summed E-state index contributed by atoms with van der Waals surface area (Å²) in [5.74, 6) is 1.92. The number of aromatic nitrogens is 2. The van der Waals surface area contributed by atoms with Gasteiger partial charge in [0.05, 0.1) is 6.04 Å². The van der Waals surface area contributed by atoms with Crippen LogP contribution in [-0.4, -0.2) is 16.7 Å². The highest BCUT2D eigenvalue weighted by molar-refractivity contribution is 5.06. The number of rotatable bonds is 4. The van der Waals surface area contributed by atoms with E-state index in [4.69, 9.17) is 15.0 Å². The van der Waals surface area contributed by atoms with Crippen molar-refractivity contribution in [2.24, 2.45) is 17.1 Å². The van der Waals surface area contributed by atoms with Gasteiger partial charge in [-0.15, -0.1) is 0 Å². The Morgan fingerprint density at radius 3 is 2.52 bits per heavy atom. The fourth-order valence-corrected chi connectivity index (χ4v) is 2.85. The second kappa shape index (κ2) is 6.05. The highest BCUT2D eigenvalue weighted by atomic mass is 16.5. The Labute approximate surface area is 127 Å². The molecule has 1 aliphatic rings. The van der Waals surface area contributed by atoms with Gasteiger partial charge in [0.2, 0.25) is 11.7 Å². The van der Waals surface area contributed by atoms with E-state index < -0.39 is 0 Å². The van der Waals surface area contributed by atoms with Gasteiger partial charge in [-0.1, -0.05) is 32.9 Å². The molecular weight excluding hydrogens is 266 g/mol. The zero-order chi connectivity index (χ0) is 15.7. The molecule has 0 aliphatic heterocycles. The topological polar surface area (TPSA) is 74.2 Å². The van der Waals surface area contributed by atoms with Crippen LogP contribution in [0.15, 0.2) is 4.52 Å². The van der Waals surface area contributed by atoms with Crippen LogP contribution in [0.3, 0.4) is 0 Å². The Kier molecular flexibility index (Phi) is 4.73. The van der Waals surface area contributed by atoms with Crippen LogP contribution in [0.4, 0.5) is 0 Å². The van der Waals surface area contributed by atoms with E-state index in [2.05, 4.69) is 37.8 Å². The molecule has 5 nitrogen and oxygen atoms in total. The molecule has 1 aromatic heterocycles. The maximum Gasteiger partial charge on any atom is 0.244 e. The predicted molar refractivity (Wildman–Crippen MR) is 81.6 cm³/mol. The van der Waals surface area contributed by atoms with Crippen molar-refractivity contribution in [2.45, 2.75) is 71.9 Å². The molecule has 21 heavy (non-hydrogen) atoms. The standard InChI is InChI=1S/C16H29N3O2/c1-6-20-16(9-7-11(2)8-10-16)14-18-13(21-19-14)12(17)15(3,4)5/h11-12H,6-10,17H2,1-5H3/t11?,12-,16?/m1/s1. The van der Waals surface area contributed by atoms with Crippen molar-refractivity contribution in [1.82, 2.24) is 10.1 Å². The molecule has 2 rings (SSSR count). The van der Waals surface area contributed by atoms with Crippen molar-refractivity contribution in [2.75, 3.05) is 6.61 Å². The van der Waals surface area contributed by atoms with E-state index in [1.807, 2.05) is 6.92 Å². The molecule has 0 amide bonds. The van der Waals surface area contributed by atoms with Crippen LogP contribution in [0.2, 0.25) is 0 Å². The van der Waals surface area contributed by atoms with E-state index in [0.29, 0.717) is 18.3 Å². The molecule has 0 bridgehead atoms. The minimum atomic E-state index is -0.388. The first-order valence-corrected chi connectivity index (χ1v) is 8.02. The molecule has 0 spiro atoms. The highest BCUT2D eigenvalue weighted by Gasteiger charge is 2.41. The van der Waals surface area contributed by atoms with Gasteiger partial charge in [0.15, 0.2) is 0 Å². The van der Waals surface area contributed by atoms with Gasteiger partial charge in [0, 0.05) is 6.61 Å². The van der Waals surface area contributed by atoms with E-state index >= 15 is 0 Å². The number of nitrogens with two attached hydrogens (primary N) is 1. The van der Waals surface area contributed by atoms with E-state index in [1.54, 1.807) is 0 Å². The van der Waals surface area contributed by atoms with Crippen molar-refractivity contribution in [3.63, 3.8) is 0 Å². The Morgan fingerprint density at radius 2 is 2.00 bits per heavy atom. The first kappa shape index (κ1) is 16.4. The largest absolute Gasteiger partial charge is 0.367 e. The number of hydrogen-bond acceptors (Lipinski definition) is 5. The summed E-state index contributed by atoms with van der Waals surface area (Å²) >= 11 is 0. The molecule has 1 atom stereocenters. The van der Waals surface area contributed by atoms with E-state index in [0.717, 1.165) is 31.6 Å². The fourth-order valence-electron chi connectivity index (χ4n) is 2.85. The van der Waals surface area contributed by atoms with E-state index in [-0.39, 0.29) is 17.1 Å². The third kappa shape index (κ3) is 3.46. The van der Waals surface area contributed by atoms with Crippen molar-refractivity contribution in [3.8, 4) is 0 Å². The van der Waals surface area contributed by atoms with Gasteiger partial charge < -0.3 is 15.0 Å². The number of nitrogens with zero attached hydrogens (tertiary/aromatic N) is 2. The van der Waals surface area contributed by atoms with Crippen molar-refractivity contribution in [1.29, 1.82) is 0 Å². The molecular formula is C16H29N3O2. The number of hydrogen-bond donors (Lipinski definition) is 1. The molecule has 1 saturated carbocycles. The van der Waals surface area contributed by atoms with Crippen LogP contribution in [0.25, 0.3) is 0 Å². The summed E-state index contributed by atoms with van der Waals surface area (Å²) in [5.41, 5.74) is 5.72. The van der Waals surface area contributed by atoms with E-state index in [1.165, 1.54) is 0 Å². The van der Waals surface area contributed by atoms with Crippen molar-refractivity contribution >= 4 is 0 Å². The zero-order valence-electron chi connectivity index (χ0n) is 14.0. The molecule has 0 radical (unpaired) electrons. The van der Waals surface area contributed by atoms with Gasteiger partial charge in [-0.25, -0.2) is 0 Å². The molecule has 1 aliphatic carbocycles. The summed E-state index contributed by atoms with van der Waals surface area (Å²) in [4.78, 5) is 4.59. The second-order valence-corrected chi connectivity index (χ2v) is 7.41. The normalized spacial score (nSPS) is 28.6. The Balaban J connectivity index is 2.24. The Hall–Kier alpha value is -0.940. The van der Waals surface area contributed by atoms with Crippen LogP contribution in [0.1, 0.15) is 78.1 Å². The Morgan fingerprint density at radius 1 is 1.38 bits per heavy atom. The minimum Gasteiger partial charge on any atom is -0.367 e. The molecule has 0 aromatic carbocycles. The van der Waals surface area contributed by atoms with Gasteiger partial charge in [-0.3, -0.25) is 0 Å². The summed E-state index contributed by atoms with van der Waals surface area (Å²) in [7, 11) is 0. The smallest absolute Gasteiger partial charge is 0.244 e. The summed E-state index contributed by atoms with van der Waals surface area (Å²) < 4.78 is 11.5. The summed E-state index contributed by atoms with van der Waals surface area (Å²) in [6.07, 6.45) is 4.17. The van der Waals surface area contributed by atoms with Gasteiger partial charge in [-0.05, 0) is 43.9 Å². The van der Waals surface area contributed by atoms with Crippen LogP contribution in [0, 0.1) is 11.3 Å². The van der Waals surface area contributed by atoms with Crippen LogP contribution in [-0.2, 0) is 10.3 Å². The monoisotopic (exact) mass is 295 g/mol. The van der Waals surface area contributed by atoms with E-state index in [9.17, 15) is 0 Å². The summed E-state index contributed by atoms with van der Waals surface area (Å²) in [5, 5.41) is 4.20. The van der Waals surface area contributed by atoms with Gasteiger partial charge in [0.1, 0.15) is 5.60 Å². The van der Waals surface area contributed by atoms with Gasteiger partial charge in [0.25, 0.3) is 0 Å². The molecule has 5 heteroatoms. The quantitative estimate of drug-likeness (QED) is 0.919. The zero-order valence-corrected chi connectivity index (χ0v) is 14.0. The molecule has 1 aromatic rings. The molecule has 2 N–H and O–H groups in total.